The third kappa shape index (κ3) is 4.14. The van der Waals surface area contributed by atoms with E-state index in [0.717, 1.165) is 40.8 Å². The van der Waals surface area contributed by atoms with Crippen molar-refractivity contribution in [2.24, 2.45) is 0 Å². The normalized spacial score (nSPS) is 21.3. The molecule has 2 heterocycles. The summed E-state index contributed by atoms with van der Waals surface area (Å²) in [6.07, 6.45) is 8.04. The Hall–Kier alpha value is -3.32. The Morgan fingerprint density at radius 2 is 1.84 bits per heavy atom. The second-order valence-corrected chi connectivity index (χ2v) is 8.31. The summed E-state index contributed by atoms with van der Waals surface area (Å²) in [5.41, 5.74) is 3.49. The van der Waals surface area contributed by atoms with Crippen LogP contribution in [0.3, 0.4) is 0 Å². The zero-order chi connectivity index (χ0) is 21.3. The van der Waals surface area contributed by atoms with Crippen LogP contribution in [-0.2, 0) is 0 Å². The summed E-state index contributed by atoms with van der Waals surface area (Å²) in [6.45, 7) is 0.337. The van der Waals surface area contributed by atoms with Crippen LogP contribution in [0.4, 0.5) is 10.1 Å². The second kappa shape index (κ2) is 8.07. The van der Waals surface area contributed by atoms with Gasteiger partial charge >= 0.3 is 0 Å². The number of hydrogen-bond donors (Lipinski definition) is 3. The molecule has 5 rings (SSSR count). The standard InChI is InChI=1S/C24H24FN5O/c25-19-3-1-2-4-20(19)28-14-24(31)9-7-16(8-10-24)23-29-21-6-5-17(11-22(21)30-23)18-12-26-15-27-13-18/h1-6,11-13,15-16,28,31H,7-10,14H2,(H,29,30)/t16-,24-. The summed E-state index contributed by atoms with van der Waals surface area (Å²) >= 11 is 0. The Morgan fingerprint density at radius 1 is 1.06 bits per heavy atom. The van der Waals surface area contributed by atoms with Crippen molar-refractivity contribution in [3.05, 3.63) is 72.8 Å². The van der Waals surface area contributed by atoms with Crippen LogP contribution in [0, 0.1) is 5.82 Å². The van der Waals surface area contributed by atoms with Gasteiger partial charge in [-0.3, -0.25) is 0 Å². The molecule has 0 amide bonds. The molecular formula is C24H24FN5O. The van der Waals surface area contributed by atoms with E-state index in [0.29, 0.717) is 25.1 Å². The molecule has 1 aliphatic rings. The van der Waals surface area contributed by atoms with Crippen LogP contribution in [0.15, 0.2) is 61.2 Å². The molecular weight excluding hydrogens is 393 g/mol. The molecule has 0 bridgehead atoms. The number of anilines is 1. The van der Waals surface area contributed by atoms with Gasteiger partial charge in [0.2, 0.25) is 0 Å². The number of aliphatic hydroxyl groups is 1. The number of para-hydroxylation sites is 1. The predicted octanol–water partition coefficient (Wildman–Crippen LogP) is 4.66. The van der Waals surface area contributed by atoms with Crippen molar-refractivity contribution in [3.63, 3.8) is 0 Å². The summed E-state index contributed by atoms with van der Waals surface area (Å²) in [4.78, 5) is 16.4. The average molecular weight is 417 g/mol. The molecule has 4 aromatic rings. The van der Waals surface area contributed by atoms with Crippen molar-refractivity contribution in [3.8, 4) is 11.1 Å². The van der Waals surface area contributed by atoms with E-state index in [2.05, 4.69) is 20.3 Å². The Balaban J connectivity index is 1.26. The lowest BCUT2D eigenvalue weighted by Gasteiger charge is -2.35. The summed E-state index contributed by atoms with van der Waals surface area (Å²) < 4.78 is 13.8. The molecule has 1 aliphatic carbocycles. The molecule has 0 saturated heterocycles. The Morgan fingerprint density at radius 3 is 2.61 bits per heavy atom. The van der Waals surface area contributed by atoms with Crippen LogP contribution in [0.25, 0.3) is 22.2 Å². The van der Waals surface area contributed by atoms with Crippen LogP contribution in [0.5, 0.6) is 0 Å². The van der Waals surface area contributed by atoms with Crippen LogP contribution in [-0.4, -0.2) is 37.2 Å². The maximum atomic E-state index is 13.8. The van der Waals surface area contributed by atoms with Gasteiger partial charge in [-0.05, 0) is 55.5 Å². The van der Waals surface area contributed by atoms with Gasteiger partial charge in [-0.2, -0.15) is 0 Å². The first-order valence-corrected chi connectivity index (χ1v) is 10.6. The van der Waals surface area contributed by atoms with Gasteiger partial charge in [0.15, 0.2) is 0 Å². The minimum atomic E-state index is -0.842. The SMILES string of the molecule is O[C@]1(CNc2ccccc2F)CC[C@@H](c2nc3cc(-c4cncnc4)ccc3[nH]2)CC1. The number of imidazole rings is 1. The highest BCUT2D eigenvalue weighted by atomic mass is 19.1. The van der Waals surface area contributed by atoms with E-state index < -0.39 is 5.60 Å². The Kier molecular flexibility index (Phi) is 5.11. The maximum Gasteiger partial charge on any atom is 0.146 e. The van der Waals surface area contributed by atoms with Crippen molar-refractivity contribution in [2.45, 2.75) is 37.2 Å². The third-order valence-corrected chi connectivity index (χ3v) is 6.18. The fourth-order valence-corrected chi connectivity index (χ4v) is 4.32. The molecule has 2 aromatic carbocycles. The number of hydrogen-bond acceptors (Lipinski definition) is 5. The van der Waals surface area contributed by atoms with Crippen molar-refractivity contribution in [2.75, 3.05) is 11.9 Å². The van der Waals surface area contributed by atoms with E-state index in [-0.39, 0.29) is 11.7 Å². The van der Waals surface area contributed by atoms with Crippen molar-refractivity contribution < 1.29 is 9.50 Å². The maximum absolute atomic E-state index is 13.8. The third-order valence-electron chi connectivity index (χ3n) is 6.18. The van der Waals surface area contributed by atoms with E-state index in [1.807, 2.05) is 18.2 Å². The minimum Gasteiger partial charge on any atom is -0.388 e. The van der Waals surface area contributed by atoms with Gasteiger partial charge in [0.05, 0.1) is 22.3 Å². The molecule has 0 atom stereocenters. The molecule has 0 radical (unpaired) electrons. The zero-order valence-corrected chi connectivity index (χ0v) is 17.1. The van der Waals surface area contributed by atoms with E-state index in [9.17, 15) is 9.50 Å². The molecule has 1 fully saturated rings. The predicted molar refractivity (Wildman–Crippen MR) is 118 cm³/mol. The van der Waals surface area contributed by atoms with Crippen LogP contribution < -0.4 is 5.32 Å². The molecule has 1 saturated carbocycles. The zero-order valence-electron chi connectivity index (χ0n) is 17.1. The lowest BCUT2D eigenvalue weighted by Crippen LogP contribution is -2.40. The van der Waals surface area contributed by atoms with Gasteiger partial charge in [0.1, 0.15) is 18.0 Å². The molecule has 3 N–H and O–H groups in total. The highest BCUT2D eigenvalue weighted by molar-refractivity contribution is 5.81. The largest absolute Gasteiger partial charge is 0.388 e. The molecule has 31 heavy (non-hydrogen) atoms. The Bertz CT molecular complexity index is 1190. The number of aromatic amines is 1. The van der Waals surface area contributed by atoms with Crippen LogP contribution in [0.2, 0.25) is 0 Å². The summed E-state index contributed by atoms with van der Waals surface area (Å²) in [6, 6.07) is 12.7. The molecule has 0 spiro atoms. The lowest BCUT2D eigenvalue weighted by atomic mass is 9.78. The van der Waals surface area contributed by atoms with Crippen LogP contribution >= 0.6 is 0 Å². The monoisotopic (exact) mass is 417 g/mol. The van der Waals surface area contributed by atoms with Crippen molar-refractivity contribution in [1.82, 2.24) is 19.9 Å². The Labute approximate surface area is 179 Å². The number of halogens is 1. The number of aromatic nitrogens is 4. The van der Waals surface area contributed by atoms with Gasteiger partial charge in [0.25, 0.3) is 0 Å². The molecule has 7 heteroatoms. The molecule has 0 unspecified atom stereocenters. The lowest BCUT2D eigenvalue weighted by molar-refractivity contribution is 0.0109. The van der Waals surface area contributed by atoms with Crippen molar-refractivity contribution in [1.29, 1.82) is 0 Å². The second-order valence-electron chi connectivity index (χ2n) is 8.31. The molecule has 0 aliphatic heterocycles. The minimum absolute atomic E-state index is 0.268. The fourth-order valence-electron chi connectivity index (χ4n) is 4.32. The number of H-pyrrole nitrogens is 1. The highest BCUT2D eigenvalue weighted by Crippen LogP contribution is 2.38. The van der Waals surface area contributed by atoms with Gasteiger partial charge in [0, 0.05) is 30.4 Å². The number of nitrogens with zero attached hydrogens (tertiary/aromatic N) is 3. The first-order chi connectivity index (χ1) is 15.1. The van der Waals surface area contributed by atoms with Crippen molar-refractivity contribution >= 4 is 16.7 Å². The average Bonchev–Trinajstić information content (AvgIpc) is 3.23. The van der Waals surface area contributed by atoms with Gasteiger partial charge < -0.3 is 15.4 Å². The van der Waals surface area contributed by atoms with Crippen LogP contribution in [0.1, 0.15) is 37.4 Å². The number of rotatable bonds is 5. The first-order valence-electron chi connectivity index (χ1n) is 10.6. The molecule has 158 valence electrons. The number of nitrogens with one attached hydrogen (secondary N) is 2. The summed E-state index contributed by atoms with van der Waals surface area (Å²) in [5.74, 6) is 0.925. The summed E-state index contributed by atoms with van der Waals surface area (Å²) in [7, 11) is 0. The van der Waals surface area contributed by atoms with E-state index in [4.69, 9.17) is 4.98 Å². The molecule has 6 nitrogen and oxygen atoms in total. The van der Waals surface area contributed by atoms with E-state index in [1.54, 1.807) is 30.6 Å². The quantitative estimate of drug-likeness (QED) is 0.440. The van der Waals surface area contributed by atoms with Gasteiger partial charge in [-0.25, -0.2) is 19.3 Å². The first kappa shape index (κ1) is 19.6. The highest BCUT2D eigenvalue weighted by Gasteiger charge is 2.34. The van der Waals surface area contributed by atoms with E-state index in [1.165, 1.54) is 12.4 Å². The smallest absolute Gasteiger partial charge is 0.146 e. The topological polar surface area (TPSA) is 86.7 Å². The van der Waals surface area contributed by atoms with Gasteiger partial charge in [-0.1, -0.05) is 18.2 Å². The summed E-state index contributed by atoms with van der Waals surface area (Å²) in [5, 5.41) is 14.0. The molecule has 2 aromatic heterocycles. The van der Waals surface area contributed by atoms with E-state index >= 15 is 0 Å². The van der Waals surface area contributed by atoms with Gasteiger partial charge in [-0.15, -0.1) is 0 Å². The number of fused-ring (bicyclic) bond motifs is 1. The number of benzene rings is 2. The fraction of sp³-hybridized carbons (Fsp3) is 0.292.